The molecule has 0 aliphatic heterocycles. The lowest BCUT2D eigenvalue weighted by Gasteiger charge is -2.49. The fraction of sp³-hybridized carbons (Fsp3) is 0.800. The van der Waals surface area contributed by atoms with Gasteiger partial charge in [0.15, 0.2) is 0 Å². The van der Waals surface area contributed by atoms with Crippen LogP contribution in [0.2, 0.25) is 0 Å². The van der Waals surface area contributed by atoms with Crippen LogP contribution in [0.5, 0.6) is 0 Å². The summed E-state index contributed by atoms with van der Waals surface area (Å²) >= 11 is 0. The van der Waals surface area contributed by atoms with Gasteiger partial charge in [0, 0.05) is 0 Å². The fourth-order valence-electron chi connectivity index (χ4n) is 5.25. The quantitative estimate of drug-likeness (QED) is 0.480. The van der Waals surface area contributed by atoms with Crippen LogP contribution in [0.25, 0.3) is 0 Å². The van der Waals surface area contributed by atoms with E-state index >= 15 is 0 Å². The third-order valence-electron chi connectivity index (χ3n) is 6.66. The minimum absolute atomic E-state index is 0.657. The van der Waals surface area contributed by atoms with E-state index < -0.39 is 0 Å². The van der Waals surface area contributed by atoms with Crippen LogP contribution in [-0.4, -0.2) is 0 Å². The highest BCUT2D eigenvalue weighted by Gasteiger charge is 2.51. The van der Waals surface area contributed by atoms with Gasteiger partial charge in [0.25, 0.3) is 0 Å². The standard InChI is InChI=1S/C18H28.C2H6/c1-13-7-5-4-6-8-16-15(13)11-12-18(3)14(2)9-10-17(16)18;1-2/h4-5,7,14-17H,6,8-12H2,1-3H3;1-2H3/b5-4-,13-7+;. The van der Waals surface area contributed by atoms with Gasteiger partial charge in [-0.2, -0.15) is 0 Å². The molecule has 3 aliphatic rings. The molecule has 0 heterocycles. The topological polar surface area (TPSA) is 0 Å². The normalized spacial score (nSPS) is 47.5. The third kappa shape index (κ3) is 2.63. The summed E-state index contributed by atoms with van der Waals surface area (Å²) in [6.07, 6.45) is 15.7. The number of rotatable bonds is 0. The van der Waals surface area contributed by atoms with Crippen molar-refractivity contribution in [3.05, 3.63) is 23.8 Å². The van der Waals surface area contributed by atoms with Crippen molar-refractivity contribution in [2.75, 3.05) is 0 Å². The first kappa shape index (κ1) is 15.9. The van der Waals surface area contributed by atoms with Crippen molar-refractivity contribution in [2.24, 2.45) is 29.1 Å². The lowest BCUT2D eigenvalue weighted by molar-refractivity contribution is 0.0247. The predicted octanol–water partition coefficient (Wildman–Crippen LogP) is 6.39. The minimum atomic E-state index is 0.657. The number of hydrogen-bond acceptors (Lipinski definition) is 0. The van der Waals surface area contributed by atoms with E-state index in [2.05, 4.69) is 39.0 Å². The van der Waals surface area contributed by atoms with Crippen molar-refractivity contribution in [1.82, 2.24) is 0 Å². The van der Waals surface area contributed by atoms with Gasteiger partial charge in [-0.3, -0.25) is 0 Å². The van der Waals surface area contributed by atoms with Crippen LogP contribution < -0.4 is 0 Å². The van der Waals surface area contributed by atoms with Crippen molar-refractivity contribution in [2.45, 2.75) is 73.1 Å². The molecule has 5 unspecified atom stereocenters. The van der Waals surface area contributed by atoms with E-state index in [1.54, 1.807) is 5.57 Å². The van der Waals surface area contributed by atoms with Crippen molar-refractivity contribution < 1.29 is 0 Å². The first-order chi connectivity index (χ1) is 9.63. The summed E-state index contributed by atoms with van der Waals surface area (Å²) in [6.45, 7) is 11.5. The molecular formula is C20H34. The Morgan fingerprint density at radius 3 is 2.60 bits per heavy atom. The van der Waals surface area contributed by atoms with Crippen LogP contribution in [-0.2, 0) is 0 Å². The Kier molecular flexibility index (Phi) is 5.15. The van der Waals surface area contributed by atoms with Crippen molar-refractivity contribution >= 4 is 0 Å². The molecule has 5 atom stereocenters. The monoisotopic (exact) mass is 274 g/mol. The average molecular weight is 274 g/mol. The Balaban J connectivity index is 0.000000704. The van der Waals surface area contributed by atoms with Gasteiger partial charge < -0.3 is 0 Å². The van der Waals surface area contributed by atoms with Gasteiger partial charge in [-0.15, -0.1) is 0 Å². The second-order valence-electron chi connectivity index (χ2n) is 7.32. The Morgan fingerprint density at radius 2 is 1.85 bits per heavy atom. The van der Waals surface area contributed by atoms with Crippen LogP contribution in [0.15, 0.2) is 23.8 Å². The van der Waals surface area contributed by atoms with Gasteiger partial charge in [-0.1, -0.05) is 51.5 Å². The third-order valence-corrected chi connectivity index (χ3v) is 6.66. The first-order valence-corrected chi connectivity index (χ1v) is 8.96. The highest BCUT2D eigenvalue weighted by Crippen LogP contribution is 2.60. The van der Waals surface area contributed by atoms with E-state index in [-0.39, 0.29) is 0 Å². The highest BCUT2D eigenvalue weighted by molar-refractivity contribution is 5.19. The fourth-order valence-corrected chi connectivity index (χ4v) is 5.25. The van der Waals surface area contributed by atoms with Gasteiger partial charge in [-0.25, -0.2) is 0 Å². The number of hydrogen-bond donors (Lipinski definition) is 0. The number of allylic oxidation sites excluding steroid dienone is 4. The second-order valence-corrected chi connectivity index (χ2v) is 7.32. The first-order valence-electron chi connectivity index (χ1n) is 8.96. The van der Waals surface area contributed by atoms with Gasteiger partial charge >= 0.3 is 0 Å². The van der Waals surface area contributed by atoms with Crippen LogP contribution >= 0.6 is 0 Å². The molecule has 0 heteroatoms. The molecule has 0 amide bonds. The van der Waals surface area contributed by atoms with E-state index in [0.29, 0.717) is 5.41 Å². The molecule has 3 aliphatic carbocycles. The summed E-state index contributed by atoms with van der Waals surface area (Å²) in [5, 5.41) is 0. The molecule has 0 radical (unpaired) electrons. The molecule has 0 aromatic heterocycles. The SMILES string of the molecule is C/C1=C\C=C/CCC2C1CCC1(C)C(C)CCC21.CC. The zero-order valence-electron chi connectivity index (χ0n) is 14.3. The summed E-state index contributed by atoms with van der Waals surface area (Å²) < 4.78 is 0. The Labute approximate surface area is 126 Å². The maximum atomic E-state index is 2.60. The van der Waals surface area contributed by atoms with Gasteiger partial charge in [0.2, 0.25) is 0 Å². The Bertz CT molecular complexity index is 375. The van der Waals surface area contributed by atoms with Gasteiger partial charge in [0.1, 0.15) is 0 Å². The van der Waals surface area contributed by atoms with E-state index in [1.165, 1.54) is 38.5 Å². The smallest absolute Gasteiger partial charge is 0.0171 e. The molecule has 0 spiro atoms. The average Bonchev–Trinajstić information content (AvgIpc) is 2.74. The molecule has 2 fully saturated rings. The molecule has 0 bridgehead atoms. The van der Waals surface area contributed by atoms with E-state index in [9.17, 15) is 0 Å². The molecule has 0 N–H and O–H groups in total. The van der Waals surface area contributed by atoms with Crippen LogP contribution in [0.1, 0.15) is 73.1 Å². The van der Waals surface area contributed by atoms with Crippen molar-refractivity contribution in [1.29, 1.82) is 0 Å². The molecule has 0 saturated heterocycles. The lowest BCUT2D eigenvalue weighted by atomic mass is 9.56. The second kappa shape index (κ2) is 6.50. The van der Waals surface area contributed by atoms with Crippen LogP contribution in [0, 0.1) is 29.1 Å². The van der Waals surface area contributed by atoms with Crippen LogP contribution in [0.3, 0.4) is 0 Å². The predicted molar refractivity (Wildman–Crippen MR) is 89.7 cm³/mol. The maximum absolute atomic E-state index is 2.60. The van der Waals surface area contributed by atoms with E-state index in [0.717, 1.165) is 23.7 Å². The summed E-state index contributed by atoms with van der Waals surface area (Å²) in [7, 11) is 0. The largest absolute Gasteiger partial charge is 0.0845 e. The molecule has 0 aromatic rings. The Hall–Kier alpha value is -0.520. The summed E-state index contributed by atoms with van der Waals surface area (Å²) in [5.41, 5.74) is 2.31. The molecule has 20 heavy (non-hydrogen) atoms. The Morgan fingerprint density at radius 1 is 1.10 bits per heavy atom. The summed E-state index contributed by atoms with van der Waals surface area (Å²) in [4.78, 5) is 0. The molecular weight excluding hydrogens is 240 g/mol. The lowest BCUT2D eigenvalue weighted by Crippen LogP contribution is -2.41. The van der Waals surface area contributed by atoms with Crippen LogP contribution in [0.4, 0.5) is 0 Å². The van der Waals surface area contributed by atoms with Crippen molar-refractivity contribution in [3.63, 3.8) is 0 Å². The van der Waals surface area contributed by atoms with Gasteiger partial charge in [-0.05, 0) is 74.5 Å². The van der Waals surface area contributed by atoms with Gasteiger partial charge in [0.05, 0.1) is 0 Å². The van der Waals surface area contributed by atoms with E-state index in [4.69, 9.17) is 0 Å². The zero-order valence-corrected chi connectivity index (χ0v) is 14.3. The van der Waals surface area contributed by atoms with E-state index in [1.807, 2.05) is 13.8 Å². The molecule has 3 rings (SSSR count). The van der Waals surface area contributed by atoms with Crippen molar-refractivity contribution in [3.8, 4) is 0 Å². The zero-order chi connectivity index (χ0) is 14.8. The molecule has 114 valence electrons. The molecule has 0 aromatic carbocycles. The summed E-state index contributed by atoms with van der Waals surface area (Å²) in [6, 6.07) is 0. The summed E-state index contributed by atoms with van der Waals surface area (Å²) in [5.74, 6) is 3.81. The highest BCUT2D eigenvalue weighted by atomic mass is 14.6. The maximum Gasteiger partial charge on any atom is -0.0171 e. The number of fused-ring (bicyclic) bond motifs is 3. The molecule has 2 saturated carbocycles. The molecule has 0 nitrogen and oxygen atoms in total. The minimum Gasteiger partial charge on any atom is -0.0845 e.